The molecule has 2 aliphatic heterocycles. The number of hydrogen-bond acceptors (Lipinski definition) is 14. The zero-order chi connectivity index (χ0) is 25.0. The fourth-order valence-electron chi connectivity index (χ4n) is 2.55. The summed E-state index contributed by atoms with van der Waals surface area (Å²) in [7, 11) is -9.40. The van der Waals surface area contributed by atoms with Crippen LogP contribution >= 0.6 is 15.6 Å². The summed E-state index contributed by atoms with van der Waals surface area (Å²) in [5.41, 5.74) is 10.6. The van der Waals surface area contributed by atoms with E-state index < -0.39 is 90.1 Å². The van der Waals surface area contributed by atoms with E-state index in [1.807, 2.05) is 0 Å². The largest absolute Gasteiger partial charge is 0.469 e. The molecule has 10 atom stereocenters. The van der Waals surface area contributed by atoms with Gasteiger partial charge in [-0.2, -0.15) is 0 Å². The van der Waals surface area contributed by atoms with Crippen LogP contribution in [0.2, 0.25) is 0 Å². The Bertz CT molecular complexity index is 619. The van der Waals surface area contributed by atoms with E-state index in [1.165, 1.54) is 0 Å². The summed E-state index contributed by atoms with van der Waals surface area (Å²) in [6.45, 7) is -1.35. The Balaban J connectivity index is 0.000000320. The molecule has 0 aliphatic carbocycles. The predicted octanol–water partition coefficient (Wildman–Crippen LogP) is -6.28. The van der Waals surface area contributed by atoms with Gasteiger partial charge in [0.25, 0.3) is 0 Å². The van der Waals surface area contributed by atoms with Crippen molar-refractivity contribution in [1.29, 1.82) is 0 Å². The van der Waals surface area contributed by atoms with Gasteiger partial charge in [0.1, 0.15) is 36.6 Å². The number of ether oxygens (including phenoxy) is 2. The van der Waals surface area contributed by atoms with Gasteiger partial charge in [0.15, 0.2) is 12.6 Å². The third-order valence-corrected chi connectivity index (χ3v) is 5.32. The minimum absolute atomic E-state index is 0.674. The molecule has 0 amide bonds. The smallest absolute Gasteiger partial charge is 0.388 e. The molecule has 0 bridgehead atoms. The topological polar surface area (TPSA) is 325 Å². The quantitative estimate of drug-likeness (QED) is 0.145. The lowest BCUT2D eigenvalue weighted by atomic mass is 9.98. The summed E-state index contributed by atoms with van der Waals surface area (Å²) in [6.07, 6.45) is -11.5. The highest BCUT2D eigenvalue weighted by atomic mass is 31.2. The van der Waals surface area contributed by atoms with Gasteiger partial charge in [-0.3, -0.25) is 9.05 Å². The third kappa shape index (κ3) is 9.22. The van der Waals surface area contributed by atoms with E-state index in [0.29, 0.717) is 0 Å². The Hall–Kier alpha value is -0.180. The average Bonchev–Trinajstić information content (AvgIpc) is 2.67. The van der Waals surface area contributed by atoms with Crippen molar-refractivity contribution in [1.82, 2.24) is 0 Å². The number of rotatable bonds is 6. The number of phosphoric acid groups is 2. The van der Waals surface area contributed by atoms with Crippen molar-refractivity contribution in [2.24, 2.45) is 11.5 Å². The zero-order valence-corrected chi connectivity index (χ0v) is 17.9. The third-order valence-electron chi connectivity index (χ3n) is 4.35. The van der Waals surface area contributed by atoms with Crippen molar-refractivity contribution in [2.45, 2.75) is 61.3 Å². The highest BCUT2D eigenvalue weighted by Gasteiger charge is 2.43. The Morgan fingerprint density at radius 3 is 1.16 bits per heavy atom. The summed E-state index contributed by atoms with van der Waals surface area (Å²) < 4.78 is 38.4. The van der Waals surface area contributed by atoms with Gasteiger partial charge in [-0.05, 0) is 0 Å². The maximum atomic E-state index is 10.4. The Morgan fingerprint density at radius 1 is 0.625 bits per heavy atom. The maximum Gasteiger partial charge on any atom is 0.469 e. The lowest BCUT2D eigenvalue weighted by molar-refractivity contribution is -0.247. The molecule has 32 heavy (non-hydrogen) atoms. The second kappa shape index (κ2) is 12.0. The lowest BCUT2D eigenvalue weighted by Crippen LogP contribution is -2.61. The summed E-state index contributed by atoms with van der Waals surface area (Å²) >= 11 is 0. The average molecular weight is 518 g/mol. The SMILES string of the molecule is N[C@H]1C(O)O[C@H](COP(=O)(O)O)[C@@H](O)[C@@H]1O.N[C@H]1C(O)O[C@H](COP(=O)(O)O)[C@@H](O)[C@@H]1O. The highest BCUT2D eigenvalue weighted by molar-refractivity contribution is 7.46. The molecule has 0 aromatic carbocycles. The normalized spacial score (nSPS) is 41.0. The standard InChI is InChI=1S/2C6H14NO8P/c2*7-3-5(9)4(8)2(15-6(3)10)1-14-16(11,12)13/h2*2-6,8-10H,1,7H2,(H2,11,12,13)/t2*2-,3-,4-,5-,6?/m11/s1. The van der Waals surface area contributed by atoms with Crippen LogP contribution in [-0.2, 0) is 27.7 Å². The van der Waals surface area contributed by atoms with Crippen molar-refractivity contribution >= 4 is 15.6 Å². The number of aliphatic hydroxyl groups is 6. The highest BCUT2D eigenvalue weighted by Crippen LogP contribution is 2.37. The number of nitrogens with two attached hydrogens (primary N) is 2. The fraction of sp³-hybridized carbons (Fsp3) is 1.00. The molecule has 192 valence electrons. The van der Waals surface area contributed by atoms with Crippen LogP contribution in [0.25, 0.3) is 0 Å². The van der Waals surface area contributed by atoms with E-state index in [9.17, 15) is 39.8 Å². The zero-order valence-electron chi connectivity index (χ0n) is 16.2. The first kappa shape index (κ1) is 29.9. The van der Waals surface area contributed by atoms with Gasteiger partial charge in [0, 0.05) is 0 Å². The molecule has 2 rings (SSSR count). The van der Waals surface area contributed by atoms with Crippen LogP contribution in [0.5, 0.6) is 0 Å². The first-order valence-electron chi connectivity index (χ1n) is 8.75. The van der Waals surface area contributed by atoms with Crippen molar-refractivity contribution in [2.75, 3.05) is 13.2 Å². The van der Waals surface area contributed by atoms with Crippen LogP contribution in [-0.4, -0.2) is 125 Å². The van der Waals surface area contributed by atoms with Gasteiger partial charge in [-0.1, -0.05) is 0 Å². The molecule has 2 fully saturated rings. The van der Waals surface area contributed by atoms with E-state index in [-0.39, 0.29) is 0 Å². The van der Waals surface area contributed by atoms with Crippen molar-refractivity contribution in [3.8, 4) is 0 Å². The second-order valence-corrected chi connectivity index (χ2v) is 9.30. The van der Waals surface area contributed by atoms with E-state index in [1.54, 1.807) is 0 Å². The van der Waals surface area contributed by atoms with Crippen LogP contribution in [0, 0.1) is 0 Å². The Morgan fingerprint density at radius 2 is 0.906 bits per heavy atom. The molecule has 0 radical (unpaired) electrons. The van der Waals surface area contributed by atoms with Gasteiger partial charge in [-0.15, -0.1) is 0 Å². The van der Waals surface area contributed by atoms with Gasteiger partial charge in [0.05, 0.1) is 25.3 Å². The number of phosphoric ester groups is 2. The Labute approximate surface area is 180 Å². The van der Waals surface area contributed by atoms with E-state index in [2.05, 4.69) is 9.05 Å². The van der Waals surface area contributed by atoms with E-state index in [4.69, 9.17) is 40.5 Å². The summed E-state index contributed by atoms with van der Waals surface area (Å²) in [5.74, 6) is 0. The van der Waals surface area contributed by atoms with Crippen LogP contribution in [0.15, 0.2) is 0 Å². The first-order valence-corrected chi connectivity index (χ1v) is 11.8. The van der Waals surface area contributed by atoms with E-state index in [0.717, 1.165) is 0 Å². The second-order valence-electron chi connectivity index (χ2n) is 6.82. The molecule has 0 aromatic rings. The van der Waals surface area contributed by atoms with Gasteiger partial charge in [-0.25, -0.2) is 9.13 Å². The van der Waals surface area contributed by atoms with Gasteiger partial charge in [0.2, 0.25) is 0 Å². The summed E-state index contributed by atoms with van der Waals surface area (Å²) in [4.78, 5) is 33.7. The van der Waals surface area contributed by atoms with Gasteiger partial charge < -0.3 is 71.2 Å². The maximum absolute atomic E-state index is 10.4. The van der Waals surface area contributed by atoms with E-state index >= 15 is 0 Å². The summed E-state index contributed by atoms with van der Waals surface area (Å²) in [6, 6.07) is -2.39. The molecule has 0 aromatic heterocycles. The number of aliphatic hydroxyl groups excluding tert-OH is 6. The minimum Gasteiger partial charge on any atom is -0.388 e. The number of hydrogen-bond donors (Lipinski definition) is 12. The molecule has 0 saturated carbocycles. The Kier molecular flexibility index (Phi) is 11.2. The molecule has 2 heterocycles. The van der Waals surface area contributed by atoms with Crippen molar-refractivity contribution in [3.63, 3.8) is 0 Å². The first-order chi connectivity index (χ1) is 14.4. The van der Waals surface area contributed by atoms with Gasteiger partial charge >= 0.3 is 15.6 Å². The predicted molar refractivity (Wildman–Crippen MR) is 97.7 cm³/mol. The monoisotopic (exact) mass is 518 g/mol. The van der Waals surface area contributed by atoms with Crippen molar-refractivity contribution in [3.05, 3.63) is 0 Å². The molecule has 14 N–H and O–H groups in total. The minimum atomic E-state index is -4.70. The molecule has 20 heteroatoms. The molecular weight excluding hydrogens is 490 g/mol. The molecule has 2 aliphatic rings. The molecular formula is C12H28N2O16P2. The fourth-order valence-corrected chi connectivity index (χ4v) is 3.23. The van der Waals surface area contributed by atoms with Crippen LogP contribution in [0.4, 0.5) is 0 Å². The van der Waals surface area contributed by atoms with Crippen LogP contribution in [0.3, 0.4) is 0 Å². The van der Waals surface area contributed by atoms with Crippen LogP contribution < -0.4 is 11.5 Å². The molecule has 0 spiro atoms. The van der Waals surface area contributed by atoms with Crippen molar-refractivity contribution < 1.29 is 77.9 Å². The lowest BCUT2D eigenvalue weighted by Gasteiger charge is -2.38. The molecule has 18 nitrogen and oxygen atoms in total. The molecule has 2 unspecified atom stereocenters. The summed E-state index contributed by atoms with van der Waals surface area (Å²) in [5, 5.41) is 55.9. The molecule has 2 saturated heterocycles. The van der Waals surface area contributed by atoms with Crippen LogP contribution in [0.1, 0.15) is 0 Å².